The van der Waals surface area contributed by atoms with E-state index in [1.165, 1.54) is 186 Å². The smallest absolute Gasteiger partial charge is 0.169 e. The first-order chi connectivity index (χ1) is 24.6. The summed E-state index contributed by atoms with van der Waals surface area (Å²) >= 11 is 0. The molecular weight excluding hydrogens is 609 g/mol. The van der Waals surface area contributed by atoms with Gasteiger partial charge < -0.3 is 9.47 Å². The van der Waals surface area contributed by atoms with E-state index in [1.807, 2.05) is 0 Å². The average Bonchev–Trinajstić information content (AvgIpc) is 3.65. The van der Waals surface area contributed by atoms with Crippen molar-refractivity contribution >= 4 is 0 Å². The van der Waals surface area contributed by atoms with E-state index in [1.54, 1.807) is 0 Å². The Morgan fingerprint density at radius 1 is 0.480 bits per heavy atom. The zero-order valence-electron chi connectivity index (χ0n) is 33.8. The number of hydrogen-bond acceptors (Lipinski definition) is 2. The third-order valence-corrected chi connectivity index (χ3v) is 12.2. The largest absolute Gasteiger partial charge is 0.344 e. The Hall–Kier alpha value is -1.12. The lowest BCUT2D eigenvalue weighted by molar-refractivity contribution is -0.175. The molecule has 3 fully saturated rings. The molecule has 1 heterocycles. The van der Waals surface area contributed by atoms with Gasteiger partial charge in [-0.1, -0.05) is 159 Å². The monoisotopic (exact) mass is 693 g/mol. The van der Waals surface area contributed by atoms with Gasteiger partial charge in [-0.05, 0) is 114 Å². The van der Waals surface area contributed by atoms with Crippen molar-refractivity contribution in [2.45, 2.75) is 244 Å². The summed E-state index contributed by atoms with van der Waals surface area (Å²) in [6.07, 6.45) is 61.9. The quantitative estimate of drug-likeness (QED) is 0.0551. The molecule has 2 aliphatic carbocycles. The van der Waals surface area contributed by atoms with Crippen molar-refractivity contribution in [1.82, 2.24) is 0 Å². The van der Waals surface area contributed by atoms with Gasteiger partial charge in [0.25, 0.3) is 0 Å². The Morgan fingerprint density at radius 3 is 1.42 bits per heavy atom. The zero-order valence-corrected chi connectivity index (χ0v) is 33.8. The molecule has 2 saturated carbocycles. The second kappa shape index (κ2) is 27.5. The highest BCUT2D eigenvalue weighted by atomic mass is 16.8. The third kappa shape index (κ3) is 18.6. The third-order valence-electron chi connectivity index (χ3n) is 12.2. The maximum atomic E-state index is 6.86. The first kappa shape index (κ1) is 43.3. The number of ether oxygens (including phenoxy) is 2. The average molecular weight is 693 g/mol. The molecule has 0 bridgehead atoms. The summed E-state index contributed by atoms with van der Waals surface area (Å²) in [4.78, 5) is 0. The van der Waals surface area contributed by atoms with Gasteiger partial charge in [-0.15, -0.1) is 0 Å². The topological polar surface area (TPSA) is 18.5 Å². The first-order valence-electron chi connectivity index (χ1n) is 22.6. The van der Waals surface area contributed by atoms with Crippen LogP contribution in [0, 0.1) is 11.3 Å². The standard InChI is InChI=1S/C48H84O2/c1-4-6-8-10-12-14-16-18-20-22-24-26-28-30-32-34-38-47(40-41-48(43-47)49-45-37-36-44(3)42-46(45)50-48)39-35-33-31-29-27-25-23-21-19-17-15-13-11-9-7-5-2/h12-15,18-21,44-46H,4-11,16-17,22-43H2,1-3H3/b14-12-,15-13-,20-18-,21-19-/t44?,45-,46+,48?/m1/s1. The molecule has 0 radical (unpaired) electrons. The minimum atomic E-state index is -0.254. The SMILES string of the molecule is CCCCC/C=C\C/C=C\CCCCCCCCC1(CCCCCCCC/C=C\C/C=C\CCCCC)CCC2(C1)O[C@H]1CC(C)CC[C@H]1O2. The Balaban J connectivity index is 1.28. The van der Waals surface area contributed by atoms with Gasteiger partial charge in [0.2, 0.25) is 0 Å². The highest BCUT2D eigenvalue weighted by Gasteiger charge is 2.56. The van der Waals surface area contributed by atoms with Crippen LogP contribution >= 0.6 is 0 Å². The summed E-state index contributed by atoms with van der Waals surface area (Å²) in [5.74, 6) is 0.536. The van der Waals surface area contributed by atoms with Crippen molar-refractivity contribution in [3.63, 3.8) is 0 Å². The van der Waals surface area contributed by atoms with Crippen LogP contribution in [0.25, 0.3) is 0 Å². The summed E-state index contributed by atoms with van der Waals surface area (Å²) in [5.41, 5.74) is 0.448. The molecule has 3 rings (SSSR count). The number of unbranched alkanes of at least 4 members (excludes halogenated alkanes) is 18. The fourth-order valence-electron chi connectivity index (χ4n) is 9.07. The lowest BCUT2D eigenvalue weighted by Gasteiger charge is -2.32. The van der Waals surface area contributed by atoms with Crippen LogP contribution in [-0.4, -0.2) is 18.0 Å². The van der Waals surface area contributed by atoms with Gasteiger partial charge in [0, 0.05) is 12.8 Å². The van der Waals surface area contributed by atoms with E-state index in [0.717, 1.165) is 25.2 Å². The molecular formula is C48H84O2. The molecule has 3 aliphatic rings. The molecule has 0 N–H and O–H groups in total. The fraction of sp³-hybridized carbons (Fsp3) is 0.833. The number of allylic oxidation sites excluding steroid dienone is 8. The van der Waals surface area contributed by atoms with Gasteiger partial charge in [-0.3, -0.25) is 0 Å². The Morgan fingerprint density at radius 2 is 0.920 bits per heavy atom. The maximum absolute atomic E-state index is 6.86. The summed E-state index contributed by atoms with van der Waals surface area (Å²) in [5, 5.41) is 0. The van der Waals surface area contributed by atoms with Gasteiger partial charge in [0.05, 0.1) is 12.2 Å². The van der Waals surface area contributed by atoms with E-state index < -0.39 is 0 Å². The summed E-state index contributed by atoms with van der Waals surface area (Å²) in [7, 11) is 0. The zero-order chi connectivity index (χ0) is 35.4. The van der Waals surface area contributed by atoms with E-state index in [-0.39, 0.29) is 5.79 Å². The normalized spacial score (nSPS) is 25.1. The van der Waals surface area contributed by atoms with Crippen molar-refractivity contribution < 1.29 is 9.47 Å². The van der Waals surface area contributed by atoms with Crippen LogP contribution in [0.4, 0.5) is 0 Å². The molecule has 4 atom stereocenters. The molecule has 50 heavy (non-hydrogen) atoms. The van der Waals surface area contributed by atoms with E-state index >= 15 is 0 Å². The maximum Gasteiger partial charge on any atom is 0.169 e. The van der Waals surface area contributed by atoms with Crippen molar-refractivity contribution in [1.29, 1.82) is 0 Å². The van der Waals surface area contributed by atoms with Crippen LogP contribution in [0.1, 0.15) is 226 Å². The minimum Gasteiger partial charge on any atom is -0.344 e. The molecule has 2 nitrogen and oxygen atoms in total. The van der Waals surface area contributed by atoms with E-state index in [2.05, 4.69) is 69.4 Å². The van der Waals surface area contributed by atoms with Crippen molar-refractivity contribution in [2.75, 3.05) is 0 Å². The lowest BCUT2D eigenvalue weighted by Crippen LogP contribution is -2.30. The molecule has 288 valence electrons. The van der Waals surface area contributed by atoms with E-state index in [9.17, 15) is 0 Å². The van der Waals surface area contributed by atoms with E-state index in [4.69, 9.17) is 9.47 Å². The molecule has 0 aromatic rings. The van der Waals surface area contributed by atoms with Crippen LogP contribution < -0.4 is 0 Å². The number of hydrogen-bond donors (Lipinski definition) is 0. The molecule has 1 saturated heterocycles. The molecule has 1 aliphatic heterocycles. The van der Waals surface area contributed by atoms with Gasteiger partial charge in [-0.25, -0.2) is 0 Å². The lowest BCUT2D eigenvalue weighted by atomic mass is 9.76. The Bertz CT molecular complexity index is 880. The Labute approximate surface area is 312 Å². The summed E-state index contributed by atoms with van der Waals surface area (Å²) in [6.45, 7) is 6.96. The van der Waals surface area contributed by atoms with Gasteiger partial charge in [0.15, 0.2) is 5.79 Å². The van der Waals surface area contributed by atoms with Gasteiger partial charge >= 0.3 is 0 Å². The van der Waals surface area contributed by atoms with Crippen LogP contribution in [0.2, 0.25) is 0 Å². The summed E-state index contributed by atoms with van der Waals surface area (Å²) < 4.78 is 13.7. The Kier molecular flexibility index (Phi) is 23.8. The first-order valence-corrected chi connectivity index (χ1v) is 22.6. The minimum absolute atomic E-state index is 0.254. The van der Waals surface area contributed by atoms with E-state index in [0.29, 0.717) is 17.6 Å². The van der Waals surface area contributed by atoms with Crippen LogP contribution in [0.15, 0.2) is 48.6 Å². The molecule has 2 unspecified atom stereocenters. The fourth-order valence-corrected chi connectivity index (χ4v) is 9.07. The summed E-state index contributed by atoms with van der Waals surface area (Å²) in [6, 6.07) is 0. The van der Waals surface area contributed by atoms with Crippen LogP contribution in [0.3, 0.4) is 0 Å². The van der Waals surface area contributed by atoms with Crippen LogP contribution in [-0.2, 0) is 9.47 Å². The van der Waals surface area contributed by atoms with Crippen molar-refractivity contribution in [3.05, 3.63) is 48.6 Å². The van der Waals surface area contributed by atoms with Gasteiger partial charge in [0.1, 0.15) is 0 Å². The van der Waals surface area contributed by atoms with Crippen molar-refractivity contribution in [2.24, 2.45) is 11.3 Å². The second-order valence-corrected chi connectivity index (χ2v) is 17.0. The molecule has 0 aromatic heterocycles. The number of fused-ring (bicyclic) bond motifs is 1. The van der Waals surface area contributed by atoms with Crippen molar-refractivity contribution in [3.8, 4) is 0 Å². The molecule has 0 amide bonds. The van der Waals surface area contributed by atoms with Gasteiger partial charge in [-0.2, -0.15) is 0 Å². The molecule has 0 aromatic carbocycles. The highest BCUT2D eigenvalue weighted by molar-refractivity contribution is 5.00. The van der Waals surface area contributed by atoms with Crippen LogP contribution in [0.5, 0.6) is 0 Å². The predicted molar refractivity (Wildman–Crippen MR) is 220 cm³/mol. The molecule has 1 spiro atoms. The number of rotatable bonds is 30. The predicted octanol–water partition coefficient (Wildman–Crippen LogP) is 15.9. The molecule has 2 heteroatoms. The highest BCUT2D eigenvalue weighted by Crippen LogP contribution is 2.56. The second-order valence-electron chi connectivity index (χ2n) is 17.0.